The predicted molar refractivity (Wildman–Crippen MR) is 65.2 cm³/mol. The number of carbonyl (C=O) groups excluding carboxylic acids is 1. The molecule has 2 unspecified atom stereocenters. The van der Waals surface area contributed by atoms with E-state index in [1.165, 1.54) is 0 Å². The van der Waals surface area contributed by atoms with Crippen molar-refractivity contribution < 1.29 is 14.6 Å². The van der Waals surface area contributed by atoms with Gasteiger partial charge in [0.2, 0.25) is 0 Å². The molecule has 0 bridgehead atoms. The Hall–Kier alpha value is -0.570. The normalized spacial score (nSPS) is 17.7. The second-order valence-electron chi connectivity index (χ2n) is 5.46. The monoisotopic (exact) mass is 230 g/mol. The first-order valence-electron chi connectivity index (χ1n) is 6.11. The fourth-order valence-corrected chi connectivity index (χ4v) is 1.74. The highest BCUT2D eigenvalue weighted by Gasteiger charge is 2.38. The summed E-state index contributed by atoms with van der Waals surface area (Å²) in [7, 11) is 0. The molecule has 0 aromatic heterocycles. The van der Waals surface area contributed by atoms with E-state index in [2.05, 4.69) is 0 Å². The maximum Gasteiger partial charge on any atom is 0.312 e. The van der Waals surface area contributed by atoms with Crippen LogP contribution in [0, 0.1) is 5.92 Å². The summed E-state index contributed by atoms with van der Waals surface area (Å²) in [6, 6.07) is 0. The molecule has 16 heavy (non-hydrogen) atoms. The van der Waals surface area contributed by atoms with Gasteiger partial charge in [-0.1, -0.05) is 20.3 Å². The summed E-state index contributed by atoms with van der Waals surface area (Å²) in [5, 5.41) is 10.4. The zero-order chi connectivity index (χ0) is 13.0. The van der Waals surface area contributed by atoms with E-state index in [1.807, 2.05) is 34.6 Å². The highest BCUT2D eigenvalue weighted by Crippen LogP contribution is 2.28. The highest BCUT2D eigenvalue weighted by molar-refractivity contribution is 5.73. The Balaban J connectivity index is 4.63. The van der Waals surface area contributed by atoms with Crippen LogP contribution in [-0.2, 0) is 9.53 Å². The van der Waals surface area contributed by atoms with E-state index < -0.39 is 17.1 Å². The van der Waals surface area contributed by atoms with Crippen molar-refractivity contribution in [2.24, 2.45) is 5.92 Å². The van der Waals surface area contributed by atoms with E-state index in [4.69, 9.17) is 4.74 Å². The predicted octanol–water partition coefficient (Wildman–Crippen LogP) is 2.91. The van der Waals surface area contributed by atoms with E-state index in [9.17, 15) is 9.90 Å². The van der Waals surface area contributed by atoms with Gasteiger partial charge in [0.05, 0.1) is 11.5 Å². The summed E-state index contributed by atoms with van der Waals surface area (Å²) in [5.74, 6) is -0.790. The molecule has 0 fully saturated rings. The minimum absolute atomic E-state index is 0.315. The first kappa shape index (κ1) is 15.4. The van der Waals surface area contributed by atoms with Gasteiger partial charge in [-0.05, 0) is 40.5 Å². The van der Waals surface area contributed by atoms with Crippen LogP contribution in [0.15, 0.2) is 0 Å². The lowest BCUT2D eigenvalue weighted by molar-refractivity contribution is -0.169. The van der Waals surface area contributed by atoms with E-state index in [-0.39, 0.29) is 5.97 Å². The lowest BCUT2D eigenvalue weighted by atomic mass is 9.82. The van der Waals surface area contributed by atoms with E-state index in [1.54, 1.807) is 6.92 Å². The van der Waals surface area contributed by atoms with Crippen molar-refractivity contribution in [3.05, 3.63) is 0 Å². The molecule has 0 saturated carbocycles. The van der Waals surface area contributed by atoms with Crippen molar-refractivity contribution in [3.63, 3.8) is 0 Å². The number of hydrogen-bond acceptors (Lipinski definition) is 3. The van der Waals surface area contributed by atoms with E-state index in [0.717, 1.165) is 6.42 Å². The number of ether oxygens (including phenoxy) is 1. The van der Waals surface area contributed by atoms with Gasteiger partial charge >= 0.3 is 5.97 Å². The SMILES string of the molecule is CCCC(O)(CC)C(C)C(=O)OC(C)(C)C. The van der Waals surface area contributed by atoms with Crippen LogP contribution >= 0.6 is 0 Å². The van der Waals surface area contributed by atoms with Crippen molar-refractivity contribution in [1.29, 1.82) is 0 Å². The zero-order valence-corrected chi connectivity index (χ0v) is 11.5. The molecule has 0 aliphatic rings. The van der Waals surface area contributed by atoms with Crippen molar-refractivity contribution in [2.75, 3.05) is 0 Å². The van der Waals surface area contributed by atoms with Gasteiger partial charge in [-0.2, -0.15) is 0 Å². The molecule has 0 aromatic rings. The van der Waals surface area contributed by atoms with Crippen molar-refractivity contribution in [1.82, 2.24) is 0 Å². The minimum Gasteiger partial charge on any atom is -0.460 e. The van der Waals surface area contributed by atoms with Crippen LogP contribution < -0.4 is 0 Å². The van der Waals surface area contributed by atoms with Crippen molar-refractivity contribution >= 4 is 5.97 Å². The number of rotatable bonds is 5. The van der Waals surface area contributed by atoms with Gasteiger partial charge in [0.15, 0.2) is 0 Å². The number of hydrogen-bond donors (Lipinski definition) is 1. The first-order chi connectivity index (χ1) is 7.16. The molecule has 0 aliphatic carbocycles. The molecule has 96 valence electrons. The van der Waals surface area contributed by atoms with Crippen LogP contribution in [0.4, 0.5) is 0 Å². The summed E-state index contributed by atoms with van der Waals surface area (Å²) in [5.41, 5.74) is -1.43. The van der Waals surface area contributed by atoms with Gasteiger partial charge in [0.25, 0.3) is 0 Å². The van der Waals surface area contributed by atoms with Crippen LogP contribution in [0.3, 0.4) is 0 Å². The maximum absolute atomic E-state index is 11.9. The Labute approximate surface area is 99.2 Å². The molecule has 0 aliphatic heterocycles. The maximum atomic E-state index is 11.9. The third kappa shape index (κ3) is 4.52. The van der Waals surface area contributed by atoms with Gasteiger partial charge < -0.3 is 9.84 Å². The topological polar surface area (TPSA) is 46.5 Å². The minimum atomic E-state index is -0.933. The quantitative estimate of drug-likeness (QED) is 0.739. The van der Waals surface area contributed by atoms with Crippen LogP contribution in [0.25, 0.3) is 0 Å². The third-order valence-corrected chi connectivity index (χ3v) is 2.86. The fourth-order valence-electron chi connectivity index (χ4n) is 1.74. The molecule has 0 radical (unpaired) electrons. The Kier molecular flexibility index (Phi) is 5.47. The van der Waals surface area contributed by atoms with E-state index >= 15 is 0 Å². The molecular weight excluding hydrogens is 204 g/mol. The zero-order valence-electron chi connectivity index (χ0n) is 11.5. The average Bonchev–Trinajstić information content (AvgIpc) is 2.14. The molecule has 3 heteroatoms. The summed E-state index contributed by atoms with van der Waals surface area (Å²) in [6.07, 6.45) is 2.06. The molecule has 0 heterocycles. The Morgan fingerprint density at radius 2 is 1.81 bits per heavy atom. The first-order valence-corrected chi connectivity index (χ1v) is 6.11. The smallest absolute Gasteiger partial charge is 0.312 e. The Morgan fingerprint density at radius 3 is 2.12 bits per heavy atom. The van der Waals surface area contributed by atoms with Crippen LogP contribution in [0.5, 0.6) is 0 Å². The van der Waals surface area contributed by atoms with E-state index in [0.29, 0.717) is 12.8 Å². The van der Waals surface area contributed by atoms with Crippen LogP contribution in [0.2, 0.25) is 0 Å². The second kappa shape index (κ2) is 5.67. The largest absolute Gasteiger partial charge is 0.460 e. The highest BCUT2D eigenvalue weighted by atomic mass is 16.6. The fraction of sp³-hybridized carbons (Fsp3) is 0.923. The number of aliphatic hydroxyl groups is 1. The average molecular weight is 230 g/mol. The van der Waals surface area contributed by atoms with Crippen LogP contribution in [-0.4, -0.2) is 22.3 Å². The molecule has 1 N–H and O–H groups in total. The molecular formula is C13H26O3. The Bertz CT molecular complexity index is 230. The molecule has 0 rings (SSSR count). The second-order valence-corrected chi connectivity index (χ2v) is 5.46. The molecule has 2 atom stereocenters. The molecule has 3 nitrogen and oxygen atoms in total. The summed E-state index contributed by atoms with van der Waals surface area (Å²) < 4.78 is 5.29. The summed E-state index contributed by atoms with van der Waals surface area (Å²) in [6.45, 7) is 11.2. The lowest BCUT2D eigenvalue weighted by Crippen LogP contribution is -2.43. The number of carbonyl (C=O) groups is 1. The van der Waals surface area contributed by atoms with Gasteiger partial charge in [-0.15, -0.1) is 0 Å². The number of esters is 1. The van der Waals surface area contributed by atoms with Crippen LogP contribution in [0.1, 0.15) is 60.8 Å². The van der Waals surface area contributed by atoms with Gasteiger partial charge in [-0.25, -0.2) is 0 Å². The molecule has 0 aromatic carbocycles. The van der Waals surface area contributed by atoms with Gasteiger partial charge in [-0.3, -0.25) is 4.79 Å². The Morgan fingerprint density at radius 1 is 1.31 bits per heavy atom. The molecule has 0 amide bonds. The standard InChI is InChI=1S/C13H26O3/c1-7-9-13(15,8-2)10(3)11(14)16-12(4,5)6/h10,15H,7-9H2,1-6H3. The molecule has 0 spiro atoms. The summed E-state index contributed by atoms with van der Waals surface area (Å²) >= 11 is 0. The van der Waals surface area contributed by atoms with Crippen molar-refractivity contribution in [3.8, 4) is 0 Å². The third-order valence-electron chi connectivity index (χ3n) is 2.86. The lowest BCUT2D eigenvalue weighted by Gasteiger charge is -2.33. The van der Waals surface area contributed by atoms with Gasteiger partial charge in [0, 0.05) is 0 Å². The summed E-state index contributed by atoms with van der Waals surface area (Å²) in [4.78, 5) is 11.9. The van der Waals surface area contributed by atoms with Gasteiger partial charge in [0.1, 0.15) is 5.60 Å². The van der Waals surface area contributed by atoms with Crippen molar-refractivity contribution in [2.45, 2.75) is 72.0 Å². The molecule has 0 saturated heterocycles.